The Morgan fingerprint density at radius 1 is 1.50 bits per heavy atom. The molecule has 0 aromatic carbocycles. The van der Waals surface area contributed by atoms with Crippen LogP contribution >= 0.6 is 0 Å². The number of aromatic nitrogens is 1. The van der Waals surface area contributed by atoms with Crippen LogP contribution in [-0.2, 0) is 4.74 Å². The minimum atomic E-state index is -0.395. The van der Waals surface area contributed by atoms with Crippen molar-refractivity contribution in [3.05, 3.63) is 22.2 Å². The topological polar surface area (TPSA) is 80.5 Å². The third-order valence-corrected chi connectivity index (χ3v) is 2.72. The van der Waals surface area contributed by atoms with E-state index < -0.39 is 4.92 Å². The fraction of sp³-hybridized carbons (Fsp3) is 0.545. The molecule has 0 radical (unpaired) electrons. The molecule has 2 rings (SSSR count). The number of pyridine rings is 1. The largest absolute Gasteiger partial charge is 0.378 e. The number of anilines is 2. The first-order chi connectivity index (χ1) is 8.72. The quantitative estimate of drug-likeness (QED) is 0.641. The molecule has 1 aliphatic rings. The van der Waals surface area contributed by atoms with Gasteiger partial charge >= 0.3 is 5.69 Å². The van der Waals surface area contributed by atoms with Crippen molar-refractivity contribution in [3.63, 3.8) is 0 Å². The van der Waals surface area contributed by atoms with Crippen LogP contribution < -0.4 is 10.2 Å². The van der Waals surface area contributed by atoms with Gasteiger partial charge in [0.1, 0.15) is 5.82 Å². The van der Waals surface area contributed by atoms with Gasteiger partial charge in [-0.05, 0) is 13.0 Å². The van der Waals surface area contributed by atoms with Gasteiger partial charge in [0, 0.05) is 25.7 Å². The number of nitro groups is 1. The Labute approximate surface area is 105 Å². The molecule has 1 saturated heterocycles. The Morgan fingerprint density at radius 3 is 2.83 bits per heavy atom. The van der Waals surface area contributed by atoms with Crippen LogP contribution in [0.1, 0.15) is 6.92 Å². The standard InChI is InChI=1S/C11H16N4O3/c1-2-12-10-4-3-9(15(16)17)11(13-10)14-5-7-18-8-6-14/h3-4H,2,5-8H2,1H3,(H,12,13). The normalized spacial score (nSPS) is 15.5. The predicted molar refractivity (Wildman–Crippen MR) is 68.1 cm³/mol. The highest BCUT2D eigenvalue weighted by Crippen LogP contribution is 2.28. The average Bonchev–Trinajstić information content (AvgIpc) is 2.40. The van der Waals surface area contributed by atoms with Crippen molar-refractivity contribution in [1.82, 2.24) is 4.98 Å². The number of hydrogen-bond acceptors (Lipinski definition) is 6. The highest BCUT2D eigenvalue weighted by molar-refractivity contribution is 5.62. The molecule has 0 unspecified atom stereocenters. The minimum Gasteiger partial charge on any atom is -0.378 e. The lowest BCUT2D eigenvalue weighted by atomic mass is 10.3. The minimum absolute atomic E-state index is 0.0403. The molecule has 0 saturated carbocycles. The van der Waals surface area contributed by atoms with Crippen molar-refractivity contribution in [3.8, 4) is 0 Å². The summed E-state index contributed by atoms with van der Waals surface area (Å²) < 4.78 is 5.24. The van der Waals surface area contributed by atoms with Crippen LogP contribution in [0.25, 0.3) is 0 Å². The molecular formula is C11H16N4O3. The molecule has 98 valence electrons. The lowest BCUT2D eigenvalue weighted by molar-refractivity contribution is -0.384. The monoisotopic (exact) mass is 252 g/mol. The number of ether oxygens (including phenoxy) is 1. The zero-order chi connectivity index (χ0) is 13.0. The van der Waals surface area contributed by atoms with E-state index in [0.717, 1.165) is 6.54 Å². The Balaban J connectivity index is 2.33. The number of rotatable bonds is 4. The van der Waals surface area contributed by atoms with E-state index in [2.05, 4.69) is 10.3 Å². The molecule has 0 spiro atoms. The van der Waals surface area contributed by atoms with E-state index in [0.29, 0.717) is 37.9 Å². The molecule has 0 atom stereocenters. The van der Waals surface area contributed by atoms with E-state index in [1.165, 1.54) is 6.07 Å². The van der Waals surface area contributed by atoms with Crippen LogP contribution in [0.15, 0.2) is 12.1 Å². The maximum atomic E-state index is 11.0. The first-order valence-corrected chi connectivity index (χ1v) is 5.94. The zero-order valence-electron chi connectivity index (χ0n) is 10.3. The fourth-order valence-electron chi connectivity index (χ4n) is 1.87. The highest BCUT2D eigenvalue weighted by Gasteiger charge is 2.23. The van der Waals surface area contributed by atoms with Crippen LogP contribution in [0.5, 0.6) is 0 Å². The van der Waals surface area contributed by atoms with Crippen molar-refractivity contribution in [2.24, 2.45) is 0 Å². The highest BCUT2D eigenvalue weighted by atomic mass is 16.6. The molecule has 7 heteroatoms. The number of nitrogens with zero attached hydrogens (tertiary/aromatic N) is 3. The summed E-state index contributed by atoms with van der Waals surface area (Å²) >= 11 is 0. The predicted octanol–water partition coefficient (Wildman–Crippen LogP) is 1.26. The van der Waals surface area contributed by atoms with Crippen molar-refractivity contribution < 1.29 is 9.66 Å². The van der Waals surface area contributed by atoms with Crippen LogP contribution in [0.3, 0.4) is 0 Å². The van der Waals surface area contributed by atoms with Crippen molar-refractivity contribution >= 4 is 17.3 Å². The number of nitrogens with one attached hydrogen (secondary N) is 1. The smallest absolute Gasteiger partial charge is 0.311 e. The van der Waals surface area contributed by atoms with Gasteiger partial charge in [-0.15, -0.1) is 0 Å². The zero-order valence-corrected chi connectivity index (χ0v) is 10.3. The van der Waals surface area contributed by atoms with Crippen LogP contribution in [0, 0.1) is 10.1 Å². The van der Waals surface area contributed by atoms with E-state index in [9.17, 15) is 10.1 Å². The van der Waals surface area contributed by atoms with Gasteiger partial charge in [0.05, 0.1) is 18.1 Å². The summed E-state index contributed by atoms with van der Waals surface area (Å²) in [6, 6.07) is 3.13. The van der Waals surface area contributed by atoms with Crippen LogP contribution in [-0.4, -0.2) is 42.8 Å². The van der Waals surface area contributed by atoms with Gasteiger partial charge in [-0.1, -0.05) is 0 Å². The summed E-state index contributed by atoms with van der Waals surface area (Å²) in [5.41, 5.74) is 0.0403. The first-order valence-electron chi connectivity index (χ1n) is 5.94. The van der Waals surface area contributed by atoms with Crippen molar-refractivity contribution in [1.29, 1.82) is 0 Å². The van der Waals surface area contributed by atoms with E-state index in [1.807, 2.05) is 11.8 Å². The van der Waals surface area contributed by atoms with E-state index in [1.54, 1.807) is 6.07 Å². The van der Waals surface area contributed by atoms with Gasteiger partial charge in [-0.25, -0.2) is 4.98 Å². The maximum absolute atomic E-state index is 11.0. The summed E-state index contributed by atoms with van der Waals surface area (Å²) in [4.78, 5) is 16.8. The summed E-state index contributed by atoms with van der Waals surface area (Å²) in [6.07, 6.45) is 0. The molecule has 7 nitrogen and oxygen atoms in total. The van der Waals surface area contributed by atoms with E-state index in [4.69, 9.17) is 4.74 Å². The van der Waals surface area contributed by atoms with Gasteiger partial charge in [0.2, 0.25) is 5.82 Å². The van der Waals surface area contributed by atoms with Crippen LogP contribution in [0.2, 0.25) is 0 Å². The Hall–Kier alpha value is -1.89. The second-order valence-corrected chi connectivity index (χ2v) is 3.93. The Bertz CT molecular complexity index is 432. The fourth-order valence-corrected chi connectivity index (χ4v) is 1.87. The lowest BCUT2D eigenvalue weighted by Crippen LogP contribution is -2.37. The molecule has 0 bridgehead atoms. The van der Waals surface area contributed by atoms with Crippen molar-refractivity contribution in [2.75, 3.05) is 43.1 Å². The molecule has 1 fully saturated rings. The van der Waals surface area contributed by atoms with Gasteiger partial charge in [-0.3, -0.25) is 10.1 Å². The average molecular weight is 252 g/mol. The third-order valence-electron chi connectivity index (χ3n) is 2.72. The van der Waals surface area contributed by atoms with Gasteiger partial charge in [0.25, 0.3) is 0 Å². The molecule has 0 amide bonds. The van der Waals surface area contributed by atoms with Gasteiger partial charge < -0.3 is 15.0 Å². The molecule has 0 aliphatic carbocycles. The molecule has 1 aromatic heterocycles. The molecule has 18 heavy (non-hydrogen) atoms. The summed E-state index contributed by atoms with van der Waals surface area (Å²) in [7, 11) is 0. The maximum Gasteiger partial charge on any atom is 0.311 e. The molecule has 1 aliphatic heterocycles. The third kappa shape index (κ3) is 2.67. The second kappa shape index (κ2) is 5.63. The van der Waals surface area contributed by atoms with Crippen LogP contribution in [0.4, 0.5) is 17.3 Å². The first kappa shape index (κ1) is 12.6. The van der Waals surface area contributed by atoms with Crippen molar-refractivity contribution in [2.45, 2.75) is 6.92 Å². The molecule has 1 aromatic rings. The van der Waals surface area contributed by atoms with Gasteiger partial charge in [-0.2, -0.15) is 0 Å². The van der Waals surface area contributed by atoms with Gasteiger partial charge in [0.15, 0.2) is 0 Å². The Kier molecular flexibility index (Phi) is 3.93. The number of hydrogen-bond donors (Lipinski definition) is 1. The Morgan fingerprint density at radius 2 is 2.22 bits per heavy atom. The molecule has 2 heterocycles. The lowest BCUT2D eigenvalue weighted by Gasteiger charge is -2.27. The van der Waals surface area contributed by atoms with E-state index in [-0.39, 0.29) is 5.69 Å². The van der Waals surface area contributed by atoms with E-state index >= 15 is 0 Å². The summed E-state index contributed by atoms with van der Waals surface area (Å²) in [6.45, 7) is 5.09. The molecular weight excluding hydrogens is 236 g/mol. The SMILES string of the molecule is CCNc1ccc([N+](=O)[O-])c(N2CCOCC2)n1. The number of morpholine rings is 1. The summed E-state index contributed by atoms with van der Waals surface area (Å²) in [5.74, 6) is 1.08. The second-order valence-electron chi connectivity index (χ2n) is 3.93. The molecule has 1 N–H and O–H groups in total. The summed E-state index contributed by atoms with van der Waals surface area (Å²) in [5, 5.41) is 14.1.